The van der Waals surface area contributed by atoms with E-state index in [1.165, 1.54) is 0 Å². The fourth-order valence-corrected chi connectivity index (χ4v) is 2.91. The lowest BCUT2D eigenvalue weighted by atomic mass is 10.4. The molecule has 0 amide bonds. The van der Waals surface area contributed by atoms with Gasteiger partial charge in [0.15, 0.2) is 0 Å². The predicted molar refractivity (Wildman–Crippen MR) is 56.9 cm³/mol. The molecule has 0 atom stereocenters. The molecule has 0 aromatic rings. The number of amidine groups is 2. The number of nitrogens with zero attached hydrogens (tertiary/aromatic N) is 3. The molecule has 0 unspecified atom stereocenters. The van der Waals surface area contributed by atoms with Crippen molar-refractivity contribution in [2.75, 3.05) is 0 Å². The van der Waals surface area contributed by atoms with Crippen molar-refractivity contribution in [1.29, 1.82) is 0 Å². The van der Waals surface area contributed by atoms with E-state index in [0.717, 1.165) is 4.31 Å². The molecule has 0 spiro atoms. The largest absolute Gasteiger partial charge is 0.348 e. The van der Waals surface area contributed by atoms with Gasteiger partial charge < -0.3 is 0 Å². The minimum Gasteiger partial charge on any atom is -0.223 e. The molecule has 0 N–H and O–H groups in total. The number of hydrogen-bond donors (Lipinski definition) is 0. The van der Waals surface area contributed by atoms with Gasteiger partial charge in [-0.2, -0.15) is 8.42 Å². The quantitative estimate of drug-likeness (QED) is 0.681. The van der Waals surface area contributed by atoms with E-state index in [4.69, 9.17) is 11.6 Å². The molecule has 1 aliphatic rings. The van der Waals surface area contributed by atoms with Crippen LogP contribution < -0.4 is 0 Å². The Kier molecular flexibility index (Phi) is 3.16. The van der Waals surface area contributed by atoms with Gasteiger partial charge in [-0.25, -0.2) is 9.30 Å². The van der Waals surface area contributed by atoms with E-state index < -0.39 is 10.2 Å². The standard InChI is InChI=1S/C7H12ClN3O2S/c1-4-6-9-7(8)11(5(2)3)14(12,13)10-6/h5H,4H2,1-3H3. The van der Waals surface area contributed by atoms with Crippen molar-refractivity contribution < 1.29 is 8.42 Å². The van der Waals surface area contributed by atoms with E-state index in [9.17, 15) is 8.42 Å². The summed E-state index contributed by atoms with van der Waals surface area (Å²) in [5.41, 5.74) is 0. The molecule has 0 fully saturated rings. The Morgan fingerprint density at radius 3 is 2.43 bits per heavy atom. The molecule has 0 aromatic carbocycles. The highest BCUT2D eigenvalue weighted by molar-refractivity contribution is 7.88. The van der Waals surface area contributed by atoms with E-state index in [1.807, 2.05) is 0 Å². The smallest absolute Gasteiger partial charge is 0.223 e. The Morgan fingerprint density at radius 1 is 1.50 bits per heavy atom. The highest BCUT2D eigenvalue weighted by atomic mass is 35.5. The molecule has 1 rings (SSSR count). The average Bonchev–Trinajstić information content (AvgIpc) is 1.99. The minimum atomic E-state index is -3.67. The summed E-state index contributed by atoms with van der Waals surface area (Å²) < 4.78 is 27.7. The third-order valence-corrected chi connectivity index (χ3v) is 3.56. The van der Waals surface area contributed by atoms with E-state index in [1.54, 1.807) is 20.8 Å². The second kappa shape index (κ2) is 3.86. The summed E-state index contributed by atoms with van der Waals surface area (Å²) in [6.45, 7) is 5.19. The zero-order chi connectivity index (χ0) is 10.9. The highest BCUT2D eigenvalue weighted by Gasteiger charge is 2.30. The molecule has 7 heteroatoms. The molecule has 0 aromatic heterocycles. The van der Waals surface area contributed by atoms with Gasteiger partial charge in [-0.3, -0.25) is 0 Å². The number of halogens is 1. The van der Waals surface area contributed by atoms with E-state index >= 15 is 0 Å². The first-order valence-electron chi connectivity index (χ1n) is 4.26. The van der Waals surface area contributed by atoms with Crippen molar-refractivity contribution in [3.05, 3.63) is 0 Å². The Morgan fingerprint density at radius 2 is 2.07 bits per heavy atom. The first-order valence-corrected chi connectivity index (χ1v) is 6.03. The van der Waals surface area contributed by atoms with Gasteiger partial charge in [0.2, 0.25) is 5.29 Å². The maximum absolute atomic E-state index is 11.6. The van der Waals surface area contributed by atoms with Crippen LogP contribution in [0.1, 0.15) is 27.2 Å². The third-order valence-electron chi connectivity index (χ3n) is 1.66. The fourth-order valence-electron chi connectivity index (χ4n) is 1.07. The Balaban J connectivity index is 3.19. The van der Waals surface area contributed by atoms with Crippen LogP contribution in [0.25, 0.3) is 0 Å². The first-order chi connectivity index (χ1) is 6.38. The van der Waals surface area contributed by atoms with Crippen LogP contribution in [-0.2, 0) is 10.2 Å². The van der Waals surface area contributed by atoms with Gasteiger partial charge in [0.25, 0.3) is 0 Å². The minimum absolute atomic E-state index is 0.0353. The average molecular weight is 238 g/mol. The molecule has 14 heavy (non-hydrogen) atoms. The summed E-state index contributed by atoms with van der Waals surface area (Å²) >= 11 is 5.75. The maximum atomic E-state index is 11.6. The summed E-state index contributed by atoms with van der Waals surface area (Å²) in [5.74, 6) is 0.243. The molecule has 0 saturated heterocycles. The van der Waals surface area contributed by atoms with Gasteiger partial charge in [0.1, 0.15) is 5.84 Å². The summed E-state index contributed by atoms with van der Waals surface area (Å²) in [6.07, 6.45) is 0.446. The lowest BCUT2D eigenvalue weighted by Gasteiger charge is -2.26. The molecular formula is C7H12ClN3O2S. The Bertz CT molecular complexity index is 386. The van der Waals surface area contributed by atoms with Gasteiger partial charge >= 0.3 is 10.2 Å². The number of rotatable bonds is 2. The van der Waals surface area contributed by atoms with Crippen LogP contribution in [0.4, 0.5) is 0 Å². The second-order valence-electron chi connectivity index (χ2n) is 3.11. The summed E-state index contributed by atoms with van der Waals surface area (Å²) in [5, 5.41) is -0.0353. The topological polar surface area (TPSA) is 62.1 Å². The Hall–Kier alpha value is -0.620. The van der Waals surface area contributed by atoms with Crippen LogP contribution in [0.3, 0.4) is 0 Å². The zero-order valence-electron chi connectivity index (χ0n) is 8.23. The molecule has 1 aliphatic heterocycles. The van der Waals surface area contributed by atoms with Crippen molar-refractivity contribution in [2.24, 2.45) is 9.39 Å². The third kappa shape index (κ3) is 2.06. The van der Waals surface area contributed by atoms with Crippen LogP contribution in [0.15, 0.2) is 9.39 Å². The van der Waals surface area contributed by atoms with E-state index in [2.05, 4.69) is 9.39 Å². The second-order valence-corrected chi connectivity index (χ2v) is 4.92. The van der Waals surface area contributed by atoms with Gasteiger partial charge in [-0.05, 0) is 25.4 Å². The van der Waals surface area contributed by atoms with Crippen LogP contribution >= 0.6 is 11.6 Å². The number of aliphatic imine (C=N–C) groups is 1. The molecule has 0 bridgehead atoms. The molecule has 5 nitrogen and oxygen atoms in total. The Labute approximate surface area is 88.7 Å². The molecule has 1 heterocycles. The van der Waals surface area contributed by atoms with Gasteiger partial charge in [-0.1, -0.05) is 6.92 Å². The SMILES string of the molecule is CCC1=NS(=O)(=O)N(C(C)C)C(Cl)=N1. The zero-order valence-corrected chi connectivity index (χ0v) is 9.80. The predicted octanol–water partition coefficient (Wildman–Crippen LogP) is 1.36. The molecule has 0 radical (unpaired) electrons. The molecular weight excluding hydrogens is 226 g/mol. The van der Waals surface area contributed by atoms with Gasteiger partial charge in [0, 0.05) is 12.5 Å². The summed E-state index contributed by atoms with van der Waals surface area (Å²) in [4.78, 5) is 3.88. The van der Waals surface area contributed by atoms with Crippen molar-refractivity contribution in [3.8, 4) is 0 Å². The van der Waals surface area contributed by atoms with Crippen LogP contribution in [0.5, 0.6) is 0 Å². The monoisotopic (exact) mass is 237 g/mol. The van der Waals surface area contributed by atoms with Crippen LogP contribution in [0.2, 0.25) is 0 Å². The normalized spacial score (nSPS) is 20.8. The van der Waals surface area contributed by atoms with Crippen molar-refractivity contribution in [1.82, 2.24) is 4.31 Å². The maximum Gasteiger partial charge on any atom is 0.348 e. The van der Waals surface area contributed by atoms with Crippen LogP contribution in [-0.4, -0.2) is 29.9 Å². The molecule has 0 aliphatic carbocycles. The number of hydrogen-bond acceptors (Lipinski definition) is 3. The van der Waals surface area contributed by atoms with Crippen LogP contribution in [0, 0.1) is 0 Å². The fraction of sp³-hybridized carbons (Fsp3) is 0.714. The highest BCUT2D eigenvalue weighted by Crippen LogP contribution is 2.18. The van der Waals surface area contributed by atoms with Crippen molar-refractivity contribution in [2.45, 2.75) is 33.2 Å². The molecule has 80 valence electrons. The lowest BCUT2D eigenvalue weighted by Crippen LogP contribution is -2.41. The first kappa shape index (κ1) is 11.5. The van der Waals surface area contributed by atoms with Gasteiger partial charge in [-0.15, -0.1) is 4.40 Å². The molecule has 0 saturated carbocycles. The van der Waals surface area contributed by atoms with Crippen molar-refractivity contribution in [3.63, 3.8) is 0 Å². The summed E-state index contributed by atoms with van der Waals surface area (Å²) in [7, 11) is -3.67. The summed E-state index contributed by atoms with van der Waals surface area (Å²) in [6, 6.07) is -0.279. The van der Waals surface area contributed by atoms with Gasteiger partial charge in [0.05, 0.1) is 0 Å². The van der Waals surface area contributed by atoms with Crippen molar-refractivity contribution >= 4 is 32.9 Å². The lowest BCUT2D eigenvalue weighted by molar-refractivity contribution is 0.475. The van der Waals surface area contributed by atoms with E-state index in [0.29, 0.717) is 6.42 Å². The van der Waals surface area contributed by atoms with E-state index in [-0.39, 0.29) is 17.2 Å².